The number of benzene rings is 1. The smallest absolute Gasteiger partial charge is 0.322 e. The summed E-state index contributed by atoms with van der Waals surface area (Å²) in [5, 5.41) is 22.1. The monoisotopic (exact) mass is 275 g/mol. The van der Waals surface area contributed by atoms with Gasteiger partial charge in [0.25, 0.3) is 5.91 Å². The van der Waals surface area contributed by atoms with Crippen molar-refractivity contribution in [1.29, 1.82) is 5.26 Å². The first-order chi connectivity index (χ1) is 9.56. The van der Waals surface area contributed by atoms with Crippen molar-refractivity contribution in [3.63, 3.8) is 0 Å². The number of methoxy groups -OCH3 is 1. The summed E-state index contributed by atoms with van der Waals surface area (Å²) in [5.74, 6) is -1.08. The average Bonchev–Trinajstić information content (AvgIpc) is 2.44. The van der Waals surface area contributed by atoms with Crippen LogP contribution in [0.5, 0.6) is 5.75 Å². The van der Waals surface area contributed by atoms with E-state index in [1.807, 2.05) is 0 Å². The third-order valence-electron chi connectivity index (χ3n) is 2.21. The third kappa shape index (κ3) is 4.70. The van der Waals surface area contributed by atoms with Crippen LogP contribution in [0.4, 0.5) is 5.69 Å². The Morgan fingerprint density at radius 3 is 2.55 bits per heavy atom. The van der Waals surface area contributed by atoms with Crippen molar-refractivity contribution in [2.45, 2.75) is 0 Å². The topological polar surface area (TPSA) is 111 Å². The van der Waals surface area contributed by atoms with E-state index in [4.69, 9.17) is 15.1 Å². The average molecular weight is 275 g/mol. The van der Waals surface area contributed by atoms with Crippen LogP contribution < -0.4 is 15.4 Å². The lowest BCUT2D eigenvalue weighted by molar-refractivity contribution is -0.135. The van der Waals surface area contributed by atoms with Crippen LogP contribution in [0, 0.1) is 11.3 Å². The molecule has 0 bridgehead atoms. The van der Waals surface area contributed by atoms with Crippen molar-refractivity contribution in [2.75, 3.05) is 19.0 Å². The Balaban J connectivity index is 2.67. The molecule has 0 saturated carbocycles. The van der Waals surface area contributed by atoms with E-state index in [1.165, 1.54) is 7.11 Å². The van der Waals surface area contributed by atoms with Crippen LogP contribution in [0.3, 0.4) is 0 Å². The van der Waals surface area contributed by atoms with Crippen molar-refractivity contribution in [1.82, 2.24) is 5.32 Å². The van der Waals surface area contributed by atoms with Gasteiger partial charge in [-0.1, -0.05) is 0 Å². The lowest BCUT2D eigenvalue weighted by atomic mass is 10.2. The molecule has 0 atom stereocenters. The van der Waals surface area contributed by atoms with Crippen molar-refractivity contribution in [3.05, 3.63) is 36.0 Å². The van der Waals surface area contributed by atoms with E-state index in [9.17, 15) is 9.59 Å². The Hall–Kier alpha value is -3.01. The Labute approximate surface area is 115 Å². The van der Waals surface area contributed by atoms with Crippen LogP contribution in [0.1, 0.15) is 0 Å². The molecule has 0 spiro atoms. The van der Waals surface area contributed by atoms with Gasteiger partial charge in [0, 0.05) is 11.9 Å². The summed E-state index contributed by atoms with van der Waals surface area (Å²) < 4.78 is 4.98. The predicted molar refractivity (Wildman–Crippen MR) is 71.0 cm³/mol. The highest BCUT2D eigenvalue weighted by Crippen LogP contribution is 2.15. The number of anilines is 1. The zero-order valence-electron chi connectivity index (χ0n) is 10.7. The van der Waals surface area contributed by atoms with Gasteiger partial charge in [-0.05, 0) is 24.3 Å². The highest BCUT2D eigenvalue weighted by molar-refractivity contribution is 6.06. The van der Waals surface area contributed by atoms with Gasteiger partial charge in [0.2, 0.25) is 0 Å². The van der Waals surface area contributed by atoms with Crippen LogP contribution in [0.25, 0.3) is 0 Å². The van der Waals surface area contributed by atoms with Gasteiger partial charge in [-0.15, -0.1) is 0 Å². The number of rotatable bonds is 6. The molecule has 7 nitrogen and oxygen atoms in total. The first kappa shape index (κ1) is 15.0. The van der Waals surface area contributed by atoms with E-state index < -0.39 is 11.9 Å². The molecular weight excluding hydrogens is 262 g/mol. The number of nitrogens with zero attached hydrogens (tertiary/aromatic N) is 1. The fourth-order valence-corrected chi connectivity index (χ4v) is 1.26. The Morgan fingerprint density at radius 2 is 2.05 bits per heavy atom. The molecule has 0 aliphatic rings. The second-order valence-corrected chi connectivity index (χ2v) is 3.63. The van der Waals surface area contributed by atoms with Crippen molar-refractivity contribution < 1.29 is 19.4 Å². The number of carboxylic acid groups (broad SMARTS) is 1. The summed E-state index contributed by atoms with van der Waals surface area (Å²) in [4.78, 5) is 22.1. The molecule has 0 radical (unpaired) electrons. The number of carbonyl (C=O) groups is 2. The molecule has 0 aliphatic heterocycles. The molecule has 20 heavy (non-hydrogen) atoms. The molecule has 3 N–H and O–H groups in total. The highest BCUT2D eigenvalue weighted by Gasteiger charge is 2.09. The summed E-state index contributed by atoms with van der Waals surface area (Å²) in [7, 11) is 1.53. The molecule has 0 aliphatic carbocycles. The molecular formula is C13H13N3O4. The minimum atomic E-state index is -1.09. The van der Waals surface area contributed by atoms with E-state index in [0.717, 1.165) is 6.20 Å². The molecule has 1 aromatic carbocycles. The molecule has 7 heteroatoms. The first-order valence-corrected chi connectivity index (χ1v) is 5.57. The summed E-state index contributed by atoms with van der Waals surface area (Å²) in [5.41, 5.74) is 0.275. The van der Waals surface area contributed by atoms with E-state index in [2.05, 4.69) is 10.6 Å². The van der Waals surface area contributed by atoms with Gasteiger partial charge in [0.05, 0.1) is 7.11 Å². The van der Waals surface area contributed by atoms with E-state index >= 15 is 0 Å². The molecule has 1 rings (SSSR count). The second-order valence-electron chi connectivity index (χ2n) is 3.63. The Kier molecular flexibility index (Phi) is 5.59. The summed E-state index contributed by atoms with van der Waals surface area (Å²) in [6.07, 6.45) is 1.06. The maximum atomic E-state index is 11.8. The normalized spacial score (nSPS) is 10.3. The molecule has 1 aromatic rings. The van der Waals surface area contributed by atoms with E-state index in [1.54, 1.807) is 30.3 Å². The summed E-state index contributed by atoms with van der Waals surface area (Å²) >= 11 is 0. The van der Waals surface area contributed by atoms with Crippen LogP contribution in [0.15, 0.2) is 36.0 Å². The van der Waals surface area contributed by atoms with Crippen LogP contribution >= 0.6 is 0 Å². The molecule has 0 heterocycles. The van der Waals surface area contributed by atoms with Crippen molar-refractivity contribution in [3.8, 4) is 11.8 Å². The SMILES string of the molecule is COc1ccc(NC(=O)/C(C#N)=C\NCC(=O)O)cc1. The van der Waals surface area contributed by atoms with E-state index in [-0.39, 0.29) is 12.1 Å². The maximum Gasteiger partial charge on any atom is 0.322 e. The first-order valence-electron chi connectivity index (χ1n) is 5.57. The largest absolute Gasteiger partial charge is 0.497 e. The number of aliphatic carboxylic acids is 1. The van der Waals surface area contributed by atoms with Gasteiger partial charge in [0.1, 0.15) is 23.9 Å². The lowest BCUT2D eigenvalue weighted by Crippen LogP contribution is -2.20. The zero-order valence-corrected chi connectivity index (χ0v) is 10.7. The molecule has 0 saturated heterocycles. The van der Waals surface area contributed by atoms with Gasteiger partial charge in [-0.3, -0.25) is 9.59 Å². The second kappa shape index (κ2) is 7.43. The van der Waals surface area contributed by atoms with Gasteiger partial charge in [0.15, 0.2) is 0 Å². The van der Waals surface area contributed by atoms with Gasteiger partial charge >= 0.3 is 5.97 Å². The van der Waals surface area contributed by atoms with Crippen LogP contribution in [0.2, 0.25) is 0 Å². The number of ether oxygens (including phenoxy) is 1. The van der Waals surface area contributed by atoms with Crippen molar-refractivity contribution in [2.24, 2.45) is 0 Å². The minimum Gasteiger partial charge on any atom is -0.497 e. The number of hydrogen-bond donors (Lipinski definition) is 3. The lowest BCUT2D eigenvalue weighted by Gasteiger charge is -2.05. The quantitative estimate of drug-likeness (QED) is 0.521. The number of nitriles is 1. The number of carboxylic acids is 1. The number of amides is 1. The number of hydrogen-bond acceptors (Lipinski definition) is 5. The van der Waals surface area contributed by atoms with Crippen LogP contribution in [-0.4, -0.2) is 30.6 Å². The molecule has 104 valence electrons. The minimum absolute atomic E-state index is 0.220. The van der Waals surface area contributed by atoms with Gasteiger partial charge < -0.3 is 20.5 Å². The maximum absolute atomic E-state index is 11.8. The fraction of sp³-hybridized carbons (Fsp3) is 0.154. The Morgan fingerprint density at radius 1 is 1.40 bits per heavy atom. The molecule has 0 unspecified atom stereocenters. The Bertz CT molecular complexity index is 558. The standard InChI is InChI=1S/C13H13N3O4/c1-20-11-4-2-10(3-5-11)16-13(19)9(6-14)7-15-8-12(17)18/h2-5,7,15H,8H2,1H3,(H,16,19)(H,17,18)/b9-7-. The number of carbonyl (C=O) groups excluding carboxylic acids is 1. The van der Waals surface area contributed by atoms with E-state index in [0.29, 0.717) is 11.4 Å². The summed E-state index contributed by atoms with van der Waals surface area (Å²) in [6.45, 7) is -0.374. The molecule has 1 amide bonds. The number of nitrogens with one attached hydrogen (secondary N) is 2. The zero-order chi connectivity index (χ0) is 15.0. The third-order valence-corrected chi connectivity index (χ3v) is 2.21. The van der Waals surface area contributed by atoms with Gasteiger partial charge in [-0.2, -0.15) is 5.26 Å². The molecule has 0 aromatic heterocycles. The molecule has 0 fully saturated rings. The van der Waals surface area contributed by atoms with Crippen LogP contribution in [-0.2, 0) is 9.59 Å². The highest BCUT2D eigenvalue weighted by atomic mass is 16.5. The summed E-state index contributed by atoms with van der Waals surface area (Å²) in [6, 6.07) is 8.25. The predicted octanol–water partition coefficient (Wildman–Crippen LogP) is 0.715. The van der Waals surface area contributed by atoms with Crippen molar-refractivity contribution >= 4 is 17.6 Å². The fourth-order valence-electron chi connectivity index (χ4n) is 1.26. The van der Waals surface area contributed by atoms with Gasteiger partial charge in [-0.25, -0.2) is 0 Å².